The normalized spacial score (nSPS) is 14.1. The van der Waals surface area contributed by atoms with Gasteiger partial charge in [0.2, 0.25) is 0 Å². The first kappa shape index (κ1) is 74.1. The van der Waals surface area contributed by atoms with Gasteiger partial charge in [0.25, 0.3) is 0 Å². The molecule has 3 atom stereocenters. The number of phosphoric ester groups is 1. The van der Waals surface area contributed by atoms with Crippen LogP contribution in [0.25, 0.3) is 0 Å². The highest BCUT2D eigenvalue weighted by atomic mass is 31.2. The highest BCUT2D eigenvalue weighted by Gasteiger charge is 2.28. The van der Waals surface area contributed by atoms with Crippen molar-refractivity contribution in [3.8, 4) is 0 Å². The molecule has 446 valence electrons. The number of aliphatic hydroxyl groups is 1. The van der Waals surface area contributed by atoms with Gasteiger partial charge in [-0.2, -0.15) is 0 Å². The number of allylic oxidation sites excluding steroid dienone is 17. The Hall–Kier alpha value is -3.86. The van der Waals surface area contributed by atoms with E-state index in [0.717, 1.165) is 96.3 Å². The molecular formula is C66H111O11P. The number of hydrogen-bond donors (Lipinski definition) is 2. The van der Waals surface area contributed by atoms with Gasteiger partial charge in [0, 0.05) is 12.8 Å². The summed E-state index contributed by atoms with van der Waals surface area (Å²) >= 11 is 0. The van der Waals surface area contributed by atoms with E-state index in [4.69, 9.17) is 23.3 Å². The summed E-state index contributed by atoms with van der Waals surface area (Å²) in [4.78, 5) is 48.6. The number of carbonyl (C=O) groups excluding carboxylic acids is 3. The third-order valence-corrected chi connectivity index (χ3v) is 13.7. The Morgan fingerprint density at radius 3 is 1.13 bits per heavy atom. The molecule has 0 aliphatic rings. The van der Waals surface area contributed by atoms with Gasteiger partial charge in [0.1, 0.15) is 12.7 Å². The van der Waals surface area contributed by atoms with Crippen molar-refractivity contribution >= 4 is 25.7 Å². The summed E-state index contributed by atoms with van der Waals surface area (Å²) < 4.78 is 39.5. The first-order valence-corrected chi connectivity index (χ1v) is 32.3. The van der Waals surface area contributed by atoms with Crippen molar-refractivity contribution in [2.45, 2.75) is 264 Å². The monoisotopic (exact) mass is 1110 g/mol. The van der Waals surface area contributed by atoms with Gasteiger partial charge < -0.3 is 24.2 Å². The second-order valence-electron chi connectivity index (χ2n) is 20.1. The fourth-order valence-corrected chi connectivity index (χ4v) is 8.91. The molecule has 0 aromatic rings. The van der Waals surface area contributed by atoms with Gasteiger partial charge in [-0.05, 0) is 83.5 Å². The maximum Gasteiger partial charge on any atom is 0.472 e. The van der Waals surface area contributed by atoms with Crippen LogP contribution >= 0.6 is 7.82 Å². The Morgan fingerprint density at radius 1 is 0.385 bits per heavy atom. The maximum atomic E-state index is 12.9. The van der Waals surface area contributed by atoms with E-state index in [1.807, 2.05) is 18.2 Å². The highest BCUT2D eigenvalue weighted by Crippen LogP contribution is 2.43. The van der Waals surface area contributed by atoms with Gasteiger partial charge in [-0.3, -0.25) is 23.4 Å². The average molecular weight is 1110 g/mol. The molecule has 0 amide bonds. The van der Waals surface area contributed by atoms with Crippen LogP contribution in [0.5, 0.6) is 0 Å². The van der Waals surface area contributed by atoms with Crippen LogP contribution in [0.3, 0.4) is 0 Å². The molecule has 0 fully saturated rings. The van der Waals surface area contributed by atoms with E-state index in [1.165, 1.54) is 96.3 Å². The third kappa shape index (κ3) is 56.8. The SMILES string of the molecule is CC/C=C\C/C=C\C/C=C\C/C=C\C/C=C\CC(=O)OC(CO)COP(=O)(O)OCC(COC(=O)CCCCCC/C=C\C/C=C\C/C=C\C/C=C\CC)OC(=O)CCCCCCCCCCCCCCCCCCCCC. The Morgan fingerprint density at radius 2 is 0.718 bits per heavy atom. The van der Waals surface area contributed by atoms with Crippen LogP contribution in [-0.2, 0) is 42.2 Å². The summed E-state index contributed by atoms with van der Waals surface area (Å²) in [7, 11) is -4.79. The molecule has 0 spiro atoms. The second kappa shape index (κ2) is 59.3. The number of unbranched alkanes of at least 4 members (excludes halogenated alkanes) is 22. The van der Waals surface area contributed by atoms with E-state index in [2.05, 4.69) is 106 Å². The Labute approximate surface area is 475 Å². The minimum absolute atomic E-state index is 0.0602. The third-order valence-electron chi connectivity index (χ3n) is 12.7. The number of hydrogen-bond acceptors (Lipinski definition) is 10. The zero-order valence-corrected chi connectivity index (χ0v) is 50.2. The number of aliphatic hydroxyl groups excluding tert-OH is 1. The Balaban J connectivity index is 4.82. The smallest absolute Gasteiger partial charge is 0.462 e. The Kier molecular flexibility index (Phi) is 56.3. The summed E-state index contributed by atoms with van der Waals surface area (Å²) in [6, 6.07) is 0. The lowest BCUT2D eigenvalue weighted by molar-refractivity contribution is -0.161. The molecule has 12 heteroatoms. The van der Waals surface area contributed by atoms with E-state index in [9.17, 15) is 28.9 Å². The molecule has 78 heavy (non-hydrogen) atoms. The molecule has 2 N–H and O–H groups in total. The van der Waals surface area contributed by atoms with E-state index in [1.54, 1.807) is 6.08 Å². The van der Waals surface area contributed by atoms with Gasteiger partial charge >= 0.3 is 25.7 Å². The first-order chi connectivity index (χ1) is 38.2. The molecule has 0 saturated carbocycles. The number of ether oxygens (including phenoxy) is 3. The van der Waals surface area contributed by atoms with Gasteiger partial charge in [0.05, 0.1) is 26.2 Å². The summed E-state index contributed by atoms with van der Waals surface area (Å²) in [5.74, 6) is -1.63. The van der Waals surface area contributed by atoms with E-state index < -0.39 is 57.8 Å². The van der Waals surface area contributed by atoms with Gasteiger partial charge in [-0.25, -0.2) is 4.57 Å². The summed E-state index contributed by atoms with van der Waals surface area (Å²) in [6.45, 7) is 4.30. The molecule has 0 aromatic heterocycles. The molecule has 0 aromatic carbocycles. The standard InChI is InChI=1S/C66H111O11P/c1-4-7-10-13-16-19-22-25-28-30-31-33-36-39-42-45-48-51-54-57-66(70)77-63(59-73-64(68)55-52-49-46-43-40-37-35-32-29-26-23-20-17-14-11-8-5-2)61-75-78(71,72)74-60-62(58-67)76-65(69)56-53-50-47-44-41-38-34-27-24-21-18-15-12-9-6-3/h8-9,11-12,17-18,20-21,26-27,29,34-35,37,41,44,50,53,62-63,67H,4-7,10,13-16,19,22-25,28,30-33,36,38-40,42-43,45-49,51-52,54-61H2,1-3H3,(H,71,72)/b11-8-,12-9-,20-17-,21-18-,29-26-,34-27-,37-35-,44-41-,53-50-. The van der Waals surface area contributed by atoms with Crippen LogP contribution < -0.4 is 0 Å². The van der Waals surface area contributed by atoms with Crippen LogP contribution in [0.4, 0.5) is 0 Å². The lowest BCUT2D eigenvalue weighted by Gasteiger charge is -2.21. The van der Waals surface area contributed by atoms with Gasteiger partial charge in [0.15, 0.2) is 6.10 Å². The quantitative estimate of drug-likeness (QED) is 0.0197. The molecule has 0 heterocycles. The largest absolute Gasteiger partial charge is 0.472 e. The lowest BCUT2D eigenvalue weighted by Crippen LogP contribution is -2.30. The van der Waals surface area contributed by atoms with Crippen molar-refractivity contribution in [3.63, 3.8) is 0 Å². The maximum absolute atomic E-state index is 12.9. The number of rotatable bonds is 56. The van der Waals surface area contributed by atoms with Crippen LogP contribution in [0.2, 0.25) is 0 Å². The molecule has 3 unspecified atom stereocenters. The number of esters is 3. The lowest BCUT2D eigenvalue weighted by atomic mass is 10.0. The van der Waals surface area contributed by atoms with Crippen molar-refractivity contribution < 1.29 is 52.2 Å². The zero-order chi connectivity index (χ0) is 56.9. The van der Waals surface area contributed by atoms with Crippen LogP contribution in [0.15, 0.2) is 109 Å². The molecule has 0 saturated heterocycles. The zero-order valence-electron chi connectivity index (χ0n) is 49.3. The molecule has 0 rings (SSSR count). The summed E-state index contributed by atoms with van der Waals surface area (Å²) in [5, 5.41) is 9.81. The van der Waals surface area contributed by atoms with Crippen LogP contribution in [0.1, 0.15) is 252 Å². The van der Waals surface area contributed by atoms with Crippen LogP contribution in [-0.4, -0.2) is 66.5 Å². The van der Waals surface area contributed by atoms with E-state index in [-0.39, 0.29) is 25.9 Å². The van der Waals surface area contributed by atoms with Crippen molar-refractivity contribution in [2.24, 2.45) is 0 Å². The molecule has 0 aliphatic heterocycles. The van der Waals surface area contributed by atoms with Crippen molar-refractivity contribution in [1.29, 1.82) is 0 Å². The minimum atomic E-state index is -4.79. The predicted octanol–water partition coefficient (Wildman–Crippen LogP) is 18.6. The molecule has 0 aliphatic carbocycles. The second-order valence-corrected chi connectivity index (χ2v) is 21.6. The Bertz CT molecular complexity index is 1720. The van der Waals surface area contributed by atoms with Crippen LogP contribution in [0, 0.1) is 0 Å². The van der Waals surface area contributed by atoms with E-state index in [0.29, 0.717) is 19.3 Å². The van der Waals surface area contributed by atoms with Crippen molar-refractivity contribution in [1.82, 2.24) is 0 Å². The molecule has 0 bridgehead atoms. The van der Waals surface area contributed by atoms with Gasteiger partial charge in [-0.1, -0.05) is 259 Å². The highest BCUT2D eigenvalue weighted by molar-refractivity contribution is 7.47. The summed E-state index contributed by atoms with van der Waals surface area (Å²) in [5.41, 5.74) is 0. The average Bonchev–Trinajstić information content (AvgIpc) is 3.43. The fourth-order valence-electron chi connectivity index (χ4n) is 8.13. The van der Waals surface area contributed by atoms with Crippen molar-refractivity contribution in [2.75, 3.05) is 26.4 Å². The van der Waals surface area contributed by atoms with E-state index >= 15 is 0 Å². The van der Waals surface area contributed by atoms with Crippen molar-refractivity contribution in [3.05, 3.63) is 109 Å². The predicted molar refractivity (Wildman–Crippen MR) is 325 cm³/mol. The molecule has 0 radical (unpaired) electrons. The molecular weight excluding hydrogens is 1000 g/mol. The topological polar surface area (TPSA) is 155 Å². The summed E-state index contributed by atoms with van der Waals surface area (Å²) in [6.07, 6.45) is 72.2. The molecule has 11 nitrogen and oxygen atoms in total. The fraction of sp³-hybridized carbons (Fsp3) is 0.682. The first-order valence-electron chi connectivity index (χ1n) is 30.8. The number of phosphoric acid groups is 1. The van der Waals surface area contributed by atoms with Gasteiger partial charge in [-0.15, -0.1) is 0 Å². The number of carbonyl (C=O) groups is 3. The minimum Gasteiger partial charge on any atom is -0.462 e.